The number of tetrazole rings is 1. The Kier molecular flexibility index (Phi) is 5.34. The van der Waals surface area contributed by atoms with Crippen LogP contribution < -0.4 is 4.74 Å². The zero-order valence-corrected chi connectivity index (χ0v) is 14.7. The monoisotopic (exact) mass is 347 g/mol. The lowest BCUT2D eigenvalue weighted by Gasteiger charge is -2.33. The number of aromatic nitrogens is 4. The van der Waals surface area contributed by atoms with Crippen LogP contribution in [0.3, 0.4) is 0 Å². The maximum atomic E-state index is 12.4. The quantitative estimate of drug-likeness (QED) is 0.772. The lowest BCUT2D eigenvalue weighted by Crippen LogP contribution is -2.42. The van der Waals surface area contributed by atoms with E-state index in [0.29, 0.717) is 17.0 Å². The number of thioether (sulfide) groups is 1. The molecule has 0 N–H and O–H groups in total. The van der Waals surface area contributed by atoms with Gasteiger partial charge in [-0.05, 0) is 60.9 Å². The van der Waals surface area contributed by atoms with Gasteiger partial charge in [0, 0.05) is 12.6 Å². The Morgan fingerprint density at radius 1 is 1.33 bits per heavy atom. The van der Waals surface area contributed by atoms with Crippen molar-refractivity contribution in [2.75, 3.05) is 19.4 Å². The molecule has 8 heteroatoms. The minimum Gasteiger partial charge on any atom is -0.497 e. The number of carbonyl (C=O) groups is 1. The van der Waals surface area contributed by atoms with Gasteiger partial charge >= 0.3 is 0 Å². The van der Waals surface area contributed by atoms with Gasteiger partial charge in [-0.1, -0.05) is 11.8 Å². The third-order valence-electron chi connectivity index (χ3n) is 4.21. The summed E-state index contributed by atoms with van der Waals surface area (Å²) in [4.78, 5) is 14.4. The highest BCUT2D eigenvalue weighted by molar-refractivity contribution is 7.99. The maximum absolute atomic E-state index is 12.4. The molecule has 0 bridgehead atoms. The molecule has 1 atom stereocenters. The molecule has 2 aromatic rings. The Morgan fingerprint density at radius 3 is 2.83 bits per heavy atom. The van der Waals surface area contributed by atoms with Gasteiger partial charge in [0.25, 0.3) is 0 Å². The number of nitrogens with zero attached hydrogens (tertiary/aromatic N) is 5. The molecule has 2 heterocycles. The highest BCUT2D eigenvalue weighted by Gasteiger charge is 2.23. The Hall–Kier alpha value is -2.09. The van der Waals surface area contributed by atoms with E-state index >= 15 is 0 Å². The van der Waals surface area contributed by atoms with Gasteiger partial charge in [-0.15, -0.1) is 5.10 Å². The highest BCUT2D eigenvalue weighted by atomic mass is 32.2. The summed E-state index contributed by atoms with van der Waals surface area (Å²) in [5.74, 6) is 1.27. The maximum Gasteiger partial charge on any atom is 0.233 e. The van der Waals surface area contributed by atoms with E-state index in [2.05, 4.69) is 22.4 Å². The van der Waals surface area contributed by atoms with Gasteiger partial charge in [0.2, 0.25) is 11.1 Å². The van der Waals surface area contributed by atoms with Crippen molar-refractivity contribution in [3.8, 4) is 11.4 Å². The first-order valence-electron chi connectivity index (χ1n) is 8.04. The summed E-state index contributed by atoms with van der Waals surface area (Å²) in [7, 11) is 1.63. The molecule has 1 fully saturated rings. The number of piperidine rings is 1. The van der Waals surface area contributed by atoms with Gasteiger partial charge in [-0.25, -0.2) is 0 Å². The largest absolute Gasteiger partial charge is 0.497 e. The van der Waals surface area contributed by atoms with Crippen molar-refractivity contribution < 1.29 is 9.53 Å². The van der Waals surface area contributed by atoms with E-state index < -0.39 is 0 Å². The summed E-state index contributed by atoms with van der Waals surface area (Å²) < 4.78 is 6.79. The number of likely N-dealkylation sites (tertiary alicyclic amines) is 1. The molecule has 0 radical (unpaired) electrons. The Balaban J connectivity index is 1.66. The predicted molar refractivity (Wildman–Crippen MR) is 91.5 cm³/mol. The number of amides is 1. The van der Waals surface area contributed by atoms with Crippen molar-refractivity contribution in [1.82, 2.24) is 25.1 Å². The molecule has 1 saturated heterocycles. The molecule has 0 spiro atoms. The molecular formula is C16H21N5O2S. The molecule has 1 unspecified atom stereocenters. The van der Waals surface area contributed by atoms with Crippen LogP contribution in [0.4, 0.5) is 0 Å². The van der Waals surface area contributed by atoms with Gasteiger partial charge < -0.3 is 9.64 Å². The first-order chi connectivity index (χ1) is 11.7. The van der Waals surface area contributed by atoms with Crippen LogP contribution in [0.15, 0.2) is 29.4 Å². The van der Waals surface area contributed by atoms with Crippen molar-refractivity contribution in [2.45, 2.75) is 37.4 Å². The van der Waals surface area contributed by atoms with Crippen molar-refractivity contribution in [3.05, 3.63) is 24.3 Å². The van der Waals surface area contributed by atoms with Crippen LogP contribution in [0.25, 0.3) is 5.69 Å². The van der Waals surface area contributed by atoms with E-state index in [-0.39, 0.29) is 5.91 Å². The fraction of sp³-hybridized carbons (Fsp3) is 0.500. The van der Waals surface area contributed by atoms with Gasteiger partial charge in [0.05, 0.1) is 18.6 Å². The summed E-state index contributed by atoms with van der Waals surface area (Å²) >= 11 is 1.37. The molecular weight excluding hydrogens is 326 g/mol. The molecule has 24 heavy (non-hydrogen) atoms. The number of rotatable bonds is 5. The van der Waals surface area contributed by atoms with Gasteiger partial charge in [0.15, 0.2) is 0 Å². The minimum absolute atomic E-state index is 0.150. The van der Waals surface area contributed by atoms with E-state index in [1.165, 1.54) is 18.2 Å². The second kappa shape index (κ2) is 7.65. The number of ether oxygens (including phenoxy) is 1. The number of methoxy groups -OCH3 is 1. The summed E-state index contributed by atoms with van der Waals surface area (Å²) in [5, 5.41) is 12.4. The molecule has 0 saturated carbocycles. The molecule has 0 aliphatic carbocycles. The van der Waals surface area contributed by atoms with Gasteiger partial charge in [-0.3, -0.25) is 4.79 Å². The summed E-state index contributed by atoms with van der Waals surface area (Å²) in [6, 6.07) is 7.80. The second-order valence-electron chi connectivity index (χ2n) is 5.79. The first kappa shape index (κ1) is 16.8. The smallest absolute Gasteiger partial charge is 0.233 e. The van der Waals surface area contributed by atoms with E-state index in [0.717, 1.165) is 30.8 Å². The number of hydrogen-bond acceptors (Lipinski definition) is 6. The highest BCUT2D eigenvalue weighted by Crippen LogP contribution is 2.22. The average Bonchev–Trinajstić information content (AvgIpc) is 3.08. The number of carbonyl (C=O) groups excluding carboxylic acids is 1. The summed E-state index contributed by atoms with van der Waals surface area (Å²) in [5.41, 5.74) is 0.835. The van der Waals surface area contributed by atoms with Crippen LogP contribution in [0.1, 0.15) is 26.2 Å². The third kappa shape index (κ3) is 3.69. The summed E-state index contributed by atoms with van der Waals surface area (Å²) in [6.07, 6.45) is 3.37. The van der Waals surface area contributed by atoms with Gasteiger partial charge in [0.1, 0.15) is 5.75 Å². The normalized spacial score (nSPS) is 17.8. The zero-order chi connectivity index (χ0) is 16.9. The third-order valence-corrected chi connectivity index (χ3v) is 5.11. The van der Waals surface area contributed by atoms with E-state index in [1.54, 1.807) is 11.8 Å². The van der Waals surface area contributed by atoms with Crippen LogP contribution in [-0.4, -0.2) is 56.5 Å². The SMILES string of the molecule is COc1ccc(-n2nnnc2SCC(=O)N2CCCCC2C)cc1. The van der Waals surface area contributed by atoms with E-state index in [9.17, 15) is 4.79 Å². The fourth-order valence-electron chi connectivity index (χ4n) is 2.83. The number of hydrogen-bond donors (Lipinski definition) is 0. The zero-order valence-electron chi connectivity index (χ0n) is 13.9. The molecule has 7 nitrogen and oxygen atoms in total. The molecule has 1 amide bonds. The van der Waals surface area contributed by atoms with E-state index in [1.807, 2.05) is 29.2 Å². The van der Waals surface area contributed by atoms with Crippen molar-refractivity contribution >= 4 is 17.7 Å². The lowest BCUT2D eigenvalue weighted by atomic mass is 10.0. The Morgan fingerprint density at radius 2 is 2.12 bits per heavy atom. The van der Waals surface area contributed by atoms with Gasteiger partial charge in [-0.2, -0.15) is 4.68 Å². The molecule has 128 valence electrons. The molecule has 1 aliphatic heterocycles. The van der Waals surface area contributed by atoms with Crippen molar-refractivity contribution in [3.63, 3.8) is 0 Å². The topological polar surface area (TPSA) is 73.1 Å². The molecule has 1 aliphatic rings. The Bertz CT molecular complexity index is 688. The predicted octanol–water partition coefficient (Wildman–Crippen LogP) is 2.16. The first-order valence-corrected chi connectivity index (χ1v) is 9.02. The molecule has 1 aromatic heterocycles. The van der Waals surface area contributed by atoms with Crippen LogP contribution in [0, 0.1) is 0 Å². The van der Waals surface area contributed by atoms with E-state index in [4.69, 9.17) is 4.74 Å². The fourth-order valence-corrected chi connectivity index (χ4v) is 3.61. The second-order valence-corrected chi connectivity index (χ2v) is 6.73. The number of benzene rings is 1. The summed E-state index contributed by atoms with van der Waals surface area (Å²) in [6.45, 7) is 2.97. The van der Waals surface area contributed by atoms with Crippen LogP contribution in [-0.2, 0) is 4.79 Å². The van der Waals surface area contributed by atoms with Crippen LogP contribution in [0.5, 0.6) is 5.75 Å². The van der Waals surface area contributed by atoms with Crippen molar-refractivity contribution in [1.29, 1.82) is 0 Å². The van der Waals surface area contributed by atoms with Crippen molar-refractivity contribution in [2.24, 2.45) is 0 Å². The average molecular weight is 347 g/mol. The molecule has 1 aromatic carbocycles. The standard InChI is InChI=1S/C16H21N5O2S/c1-12-5-3-4-10-20(12)15(22)11-24-16-17-18-19-21(16)13-6-8-14(23-2)9-7-13/h6-9,12H,3-5,10-11H2,1-2H3. The van der Waals surface area contributed by atoms with Crippen LogP contribution >= 0.6 is 11.8 Å². The molecule has 3 rings (SSSR count). The minimum atomic E-state index is 0.150. The van der Waals surface area contributed by atoms with Crippen LogP contribution in [0.2, 0.25) is 0 Å². The Labute approximate surface area is 145 Å². The lowest BCUT2D eigenvalue weighted by molar-refractivity contribution is -0.131.